The minimum Gasteiger partial charge on any atom is -0.0616 e. The predicted molar refractivity (Wildman–Crippen MR) is 130 cm³/mol. The first-order valence-electron chi connectivity index (χ1n) is 10.0. The first-order chi connectivity index (χ1) is 14.2. The molecule has 5 aromatic rings. The van der Waals surface area contributed by atoms with E-state index in [0.717, 1.165) is 0 Å². The highest BCUT2D eigenvalue weighted by Crippen LogP contribution is 2.38. The third kappa shape index (κ3) is 3.35. The summed E-state index contributed by atoms with van der Waals surface area (Å²) in [4.78, 5) is 0. The second-order valence-corrected chi connectivity index (χ2v) is 9.83. The van der Waals surface area contributed by atoms with Gasteiger partial charge < -0.3 is 0 Å². The van der Waals surface area contributed by atoms with Crippen LogP contribution >= 0.6 is 7.92 Å². The lowest BCUT2D eigenvalue weighted by molar-refractivity contribution is 1.40. The van der Waals surface area contributed by atoms with Crippen molar-refractivity contribution < 1.29 is 0 Å². The summed E-state index contributed by atoms with van der Waals surface area (Å²) in [6.07, 6.45) is 0. The molecule has 0 fully saturated rings. The molecular weight excluding hydrogens is 367 g/mol. The van der Waals surface area contributed by atoms with Gasteiger partial charge in [-0.05, 0) is 59.2 Å². The molecule has 0 aromatic heterocycles. The van der Waals surface area contributed by atoms with Crippen molar-refractivity contribution in [3.63, 3.8) is 0 Å². The fourth-order valence-corrected chi connectivity index (χ4v) is 7.13. The molecule has 0 atom stereocenters. The van der Waals surface area contributed by atoms with E-state index in [2.05, 4.69) is 117 Å². The Morgan fingerprint density at radius 2 is 0.931 bits per heavy atom. The second-order valence-electron chi connectivity index (χ2n) is 7.68. The average Bonchev–Trinajstić information content (AvgIpc) is 2.74. The van der Waals surface area contributed by atoms with Gasteiger partial charge in [0.25, 0.3) is 0 Å². The van der Waals surface area contributed by atoms with Gasteiger partial charge in [0.05, 0.1) is 0 Å². The van der Waals surface area contributed by atoms with E-state index in [9.17, 15) is 0 Å². The van der Waals surface area contributed by atoms with E-state index < -0.39 is 7.92 Å². The first kappa shape index (κ1) is 18.1. The Morgan fingerprint density at radius 1 is 0.483 bits per heavy atom. The molecule has 5 aromatic carbocycles. The maximum Gasteiger partial charge on any atom is -0.00724 e. The van der Waals surface area contributed by atoms with Crippen LogP contribution in [0.2, 0.25) is 0 Å². The fourth-order valence-electron chi connectivity index (χ4n) is 4.29. The summed E-state index contributed by atoms with van der Waals surface area (Å²) in [5.74, 6) is 0. The molecule has 0 spiro atoms. The van der Waals surface area contributed by atoms with E-state index in [0.29, 0.717) is 0 Å². The van der Waals surface area contributed by atoms with E-state index in [4.69, 9.17) is 0 Å². The molecule has 0 heterocycles. The summed E-state index contributed by atoms with van der Waals surface area (Å²) >= 11 is 0. The SMILES string of the molecule is Cc1cc(C)cc(P(c2cccc3ccccc23)c2cccc3ccccc23)c1. The topological polar surface area (TPSA) is 0 Å². The van der Waals surface area contributed by atoms with Crippen LogP contribution in [0.15, 0.2) is 103 Å². The van der Waals surface area contributed by atoms with Crippen LogP contribution in [0.4, 0.5) is 0 Å². The minimum absolute atomic E-state index is 0.678. The smallest absolute Gasteiger partial charge is 0.00724 e. The molecule has 5 rings (SSSR count). The van der Waals surface area contributed by atoms with Crippen LogP contribution in [0, 0.1) is 13.8 Å². The molecular formula is C28H23P. The quantitative estimate of drug-likeness (QED) is 0.314. The van der Waals surface area contributed by atoms with Crippen molar-refractivity contribution in [1.82, 2.24) is 0 Å². The van der Waals surface area contributed by atoms with Gasteiger partial charge in [0.1, 0.15) is 0 Å². The average molecular weight is 390 g/mol. The highest BCUT2D eigenvalue weighted by Gasteiger charge is 2.21. The van der Waals surface area contributed by atoms with E-state index in [1.807, 2.05) is 0 Å². The number of rotatable bonds is 3. The summed E-state index contributed by atoms with van der Waals surface area (Å²) in [5, 5.41) is 9.61. The number of hydrogen-bond donors (Lipinski definition) is 0. The molecule has 0 nitrogen and oxygen atoms in total. The fraction of sp³-hybridized carbons (Fsp3) is 0.0714. The Balaban J connectivity index is 1.87. The Labute approximate surface area is 173 Å². The van der Waals surface area contributed by atoms with E-state index in [1.54, 1.807) is 0 Å². The highest BCUT2D eigenvalue weighted by atomic mass is 31.1. The van der Waals surface area contributed by atoms with Gasteiger partial charge in [-0.1, -0.05) is 114 Å². The Bertz CT molecular complexity index is 1220. The second kappa shape index (κ2) is 7.47. The summed E-state index contributed by atoms with van der Waals surface area (Å²) in [6.45, 7) is 4.41. The highest BCUT2D eigenvalue weighted by molar-refractivity contribution is 7.80. The molecule has 29 heavy (non-hydrogen) atoms. The van der Waals surface area contributed by atoms with Crippen LogP contribution in [0.1, 0.15) is 11.1 Å². The number of hydrogen-bond acceptors (Lipinski definition) is 0. The van der Waals surface area contributed by atoms with Crippen LogP contribution < -0.4 is 15.9 Å². The van der Waals surface area contributed by atoms with Gasteiger partial charge in [0, 0.05) is 0 Å². The Hall–Kier alpha value is -2.95. The lowest BCUT2D eigenvalue weighted by Gasteiger charge is -2.23. The van der Waals surface area contributed by atoms with Crippen molar-refractivity contribution in [1.29, 1.82) is 0 Å². The van der Waals surface area contributed by atoms with Crippen molar-refractivity contribution in [3.05, 3.63) is 114 Å². The molecule has 1 heteroatoms. The molecule has 0 aliphatic carbocycles. The van der Waals surface area contributed by atoms with Gasteiger partial charge in [-0.2, -0.15) is 0 Å². The molecule has 0 aliphatic heterocycles. The number of benzene rings is 5. The molecule has 0 amide bonds. The van der Waals surface area contributed by atoms with Crippen molar-refractivity contribution >= 4 is 45.4 Å². The third-order valence-corrected chi connectivity index (χ3v) is 8.00. The maximum absolute atomic E-state index is 2.38. The van der Waals surface area contributed by atoms with Gasteiger partial charge in [-0.15, -0.1) is 0 Å². The first-order valence-corrected chi connectivity index (χ1v) is 11.4. The van der Waals surface area contributed by atoms with Gasteiger partial charge >= 0.3 is 0 Å². The summed E-state index contributed by atoms with van der Waals surface area (Å²) < 4.78 is 0. The third-order valence-electron chi connectivity index (χ3n) is 5.48. The maximum atomic E-state index is 2.38. The van der Waals surface area contributed by atoms with Crippen molar-refractivity contribution in [2.24, 2.45) is 0 Å². The molecule has 0 unspecified atom stereocenters. The number of aryl methyl sites for hydroxylation is 2. The van der Waals surface area contributed by atoms with Crippen molar-refractivity contribution in [2.75, 3.05) is 0 Å². The van der Waals surface area contributed by atoms with E-state index in [-0.39, 0.29) is 0 Å². The largest absolute Gasteiger partial charge is 0.0616 e. The molecule has 0 saturated carbocycles. The molecule has 140 valence electrons. The lowest BCUT2D eigenvalue weighted by atomic mass is 10.1. The summed E-state index contributed by atoms with van der Waals surface area (Å²) in [5.41, 5.74) is 2.65. The normalized spacial score (nSPS) is 11.4. The molecule has 0 aliphatic rings. The van der Waals surface area contributed by atoms with Gasteiger partial charge in [0.15, 0.2) is 0 Å². The zero-order chi connectivity index (χ0) is 19.8. The molecule has 0 saturated heterocycles. The van der Waals surface area contributed by atoms with Crippen molar-refractivity contribution in [2.45, 2.75) is 13.8 Å². The molecule has 0 N–H and O–H groups in total. The van der Waals surface area contributed by atoms with E-state index >= 15 is 0 Å². The van der Waals surface area contributed by atoms with Crippen LogP contribution in [0.25, 0.3) is 21.5 Å². The van der Waals surface area contributed by atoms with E-state index in [1.165, 1.54) is 48.6 Å². The van der Waals surface area contributed by atoms with Crippen molar-refractivity contribution in [3.8, 4) is 0 Å². The van der Waals surface area contributed by atoms with Gasteiger partial charge in [-0.25, -0.2) is 0 Å². The lowest BCUT2D eigenvalue weighted by Crippen LogP contribution is -2.22. The molecule has 0 radical (unpaired) electrons. The van der Waals surface area contributed by atoms with Crippen LogP contribution in [0.5, 0.6) is 0 Å². The van der Waals surface area contributed by atoms with Gasteiger partial charge in [0.2, 0.25) is 0 Å². The zero-order valence-electron chi connectivity index (χ0n) is 16.8. The zero-order valence-corrected chi connectivity index (χ0v) is 17.7. The number of fused-ring (bicyclic) bond motifs is 2. The molecule has 0 bridgehead atoms. The summed E-state index contributed by atoms with van der Waals surface area (Å²) in [6, 6.07) is 38.1. The van der Waals surface area contributed by atoms with Gasteiger partial charge in [-0.3, -0.25) is 0 Å². The predicted octanol–water partition coefficient (Wildman–Crippen LogP) is 6.37. The van der Waals surface area contributed by atoms with Crippen LogP contribution in [0.3, 0.4) is 0 Å². The Morgan fingerprint density at radius 3 is 1.45 bits per heavy atom. The monoisotopic (exact) mass is 390 g/mol. The van der Waals surface area contributed by atoms with Crippen LogP contribution in [-0.2, 0) is 0 Å². The standard InChI is InChI=1S/C28H23P/c1-20-17-21(2)19-24(18-20)29(27-15-7-11-22-9-3-5-13-25(22)27)28-16-8-12-23-10-4-6-14-26(23)28/h3-19H,1-2H3. The summed E-state index contributed by atoms with van der Waals surface area (Å²) in [7, 11) is -0.678. The minimum atomic E-state index is -0.678. The Kier molecular flexibility index (Phi) is 4.66. The van der Waals surface area contributed by atoms with Crippen LogP contribution in [-0.4, -0.2) is 0 Å².